The van der Waals surface area contributed by atoms with Crippen LogP contribution in [0.3, 0.4) is 0 Å². The van der Waals surface area contributed by atoms with Gasteiger partial charge in [-0.2, -0.15) is 9.78 Å². The number of hydrogen-bond donors (Lipinski definition) is 0. The molecule has 0 saturated carbocycles. The van der Waals surface area contributed by atoms with Gasteiger partial charge in [-0.3, -0.25) is 4.79 Å². The molecule has 4 aromatic rings. The van der Waals surface area contributed by atoms with Crippen LogP contribution in [0.4, 0.5) is 0 Å². The summed E-state index contributed by atoms with van der Waals surface area (Å²) in [4.78, 5) is 18.2. The average Bonchev–Trinajstić information content (AvgIpc) is 2.87. The Morgan fingerprint density at radius 1 is 1.14 bits per heavy atom. The summed E-state index contributed by atoms with van der Waals surface area (Å²) in [7, 11) is 1.57. The van der Waals surface area contributed by atoms with E-state index in [1.807, 2.05) is 55.5 Å². The van der Waals surface area contributed by atoms with Crippen LogP contribution in [0.1, 0.15) is 43.1 Å². The van der Waals surface area contributed by atoms with E-state index in [-0.39, 0.29) is 18.1 Å². The lowest BCUT2D eigenvalue weighted by atomic mass is 10.1. The highest BCUT2D eigenvalue weighted by atomic mass is 79.9. The van der Waals surface area contributed by atoms with Crippen molar-refractivity contribution in [1.29, 1.82) is 0 Å². The predicted octanol–water partition coefficient (Wildman–Crippen LogP) is 7.56. The van der Waals surface area contributed by atoms with Gasteiger partial charge in [0, 0.05) is 31.0 Å². The number of halogens is 3. The molecule has 9 heteroatoms. The van der Waals surface area contributed by atoms with Crippen molar-refractivity contribution in [3.05, 3.63) is 95.9 Å². The summed E-state index contributed by atoms with van der Waals surface area (Å²) in [5.74, 6) is 1.62. The third-order valence-corrected chi connectivity index (χ3v) is 7.12. The molecule has 6 nitrogen and oxygen atoms in total. The molecule has 3 aromatic carbocycles. The molecular weight excluding hydrogens is 610 g/mol. The fraction of sp³-hybridized carbons (Fsp3) is 0.222. The highest BCUT2D eigenvalue weighted by Crippen LogP contribution is 2.35. The molecule has 1 atom stereocenters. The maximum absolute atomic E-state index is 13.5. The van der Waals surface area contributed by atoms with Gasteiger partial charge < -0.3 is 9.47 Å². The standard InChI is InChI=1S/C27H24Br2ClN3O3/c1-4-16(2)26-32-23-10-9-19(28)12-21(23)27(34)33(26)31-14-18-11-20(29)13-24(35-3)25(18)36-15-17-7-5-6-8-22(17)30/h5-14,16H,4,15H2,1-3H3/t16-/m0/s1. The molecule has 1 aromatic heterocycles. The maximum atomic E-state index is 13.5. The van der Waals surface area contributed by atoms with Crippen LogP contribution in [0.15, 0.2) is 73.4 Å². The highest BCUT2D eigenvalue weighted by molar-refractivity contribution is 9.10. The predicted molar refractivity (Wildman–Crippen MR) is 152 cm³/mol. The van der Waals surface area contributed by atoms with Gasteiger partial charge in [0.15, 0.2) is 11.5 Å². The molecule has 0 bridgehead atoms. The minimum absolute atomic E-state index is 0.0240. The second kappa shape index (κ2) is 11.6. The molecule has 0 fully saturated rings. The van der Waals surface area contributed by atoms with Gasteiger partial charge in [-0.25, -0.2) is 4.98 Å². The summed E-state index contributed by atoms with van der Waals surface area (Å²) in [6.07, 6.45) is 2.40. The molecule has 1 heterocycles. The van der Waals surface area contributed by atoms with Gasteiger partial charge in [-0.1, -0.05) is 75.5 Å². The Hall–Kier alpha value is -2.68. The summed E-state index contributed by atoms with van der Waals surface area (Å²) >= 11 is 13.3. The van der Waals surface area contributed by atoms with E-state index >= 15 is 0 Å². The summed E-state index contributed by atoms with van der Waals surface area (Å²) in [5, 5.41) is 5.69. The molecule has 0 amide bonds. The van der Waals surface area contributed by atoms with Gasteiger partial charge in [0.2, 0.25) is 0 Å². The van der Waals surface area contributed by atoms with E-state index in [0.717, 1.165) is 20.9 Å². The van der Waals surface area contributed by atoms with Gasteiger partial charge in [0.25, 0.3) is 5.56 Å². The lowest BCUT2D eigenvalue weighted by Crippen LogP contribution is -2.23. The molecule has 0 N–H and O–H groups in total. The van der Waals surface area contributed by atoms with Crippen LogP contribution in [0, 0.1) is 0 Å². The maximum Gasteiger partial charge on any atom is 0.282 e. The van der Waals surface area contributed by atoms with Gasteiger partial charge in [-0.15, -0.1) is 0 Å². The Balaban J connectivity index is 1.82. The topological polar surface area (TPSA) is 65.7 Å². The van der Waals surface area contributed by atoms with Gasteiger partial charge in [0.1, 0.15) is 12.4 Å². The van der Waals surface area contributed by atoms with Gasteiger partial charge in [-0.05, 0) is 42.8 Å². The van der Waals surface area contributed by atoms with E-state index in [1.54, 1.807) is 19.4 Å². The minimum atomic E-state index is -0.242. The van der Waals surface area contributed by atoms with Crippen LogP contribution < -0.4 is 15.0 Å². The van der Waals surface area contributed by atoms with Crippen molar-refractivity contribution in [3.8, 4) is 11.5 Å². The van der Waals surface area contributed by atoms with Crippen LogP contribution >= 0.6 is 43.5 Å². The Bertz CT molecular complexity index is 1500. The van der Waals surface area contributed by atoms with Crippen LogP contribution in [0.25, 0.3) is 10.9 Å². The van der Waals surface area contributed by atoms with Gasteiger partial charge >= 0.3 is 0 Å². The first-order chi connectivity index (χ1) is 17.3. The zero-order valence-corrected chi connectivity index (χ0v) is 23.9. The molecule has 0 aliphatic carbocycles. The number of fused-ring (bicyclic) bond motifs is 1. The van der Waals surface area contributed by atoms with E-state index in [2.05, 4.69) is 43.9 Å². The molecule has 36 heavy (non-hydrogen) atoms. The molecule has 0 radical (unpaired) electrons. The Kier molecular flexibility index (Phi) is 8.49. The summed E-state index contributed by atoms with van der Waals surface area (Å²) in [6.45, 7) is 4.32. The lowest BCUT2D eigenvalue weighted by Gasteiger charge is -2.16. The number of nitrogens with zero attached hydrogens (tertiary/aromatic N) is 3. The van der Waals surface area contributed by atoms with E-state index in [0.29, 0.717) is 38.8 Å². The minimum Gasteiger partial charge on any atom is -0.493 e. The largest absolute Gasteiger partial charge is 0.493 e. The van der Waals surface area contributed by atoms with Crippen LogP contribution in [-0.2, 0) is 6.61 Å². The van der Waals surface area contributed by atoms with E-state index < -0.39 is 0 Å². The van der Waals surface area contributed by atoms with Crippen LogP contribution in [0.2, 0.25) is 5.02 Å². The van der Waals surface area contributed by atoms with E-state index in [1.165, 1.54) is 4.68 Å². The number of aromatic nitrogens is 2. The van der Waals surface area contributed by atoms with Crippen molar-refractivity contribution in [1.82, 2.24) is 9.66 Å². The Morgan fingerprint density at radius 2 is 1.92 bits per heavy atom. The third kappa shape index (κ3) is 5.66. The van der Waals surface area contributed by atoms with E-state index in [4.69, 9.17) is 26.1 Å². The van der Waals surface area contributed by atoms with Crippen molar-refractivity contribution in [2.24, 2.45) is 5.10 Å². The normalized spacial score (nSPS) is 12.3. The summed E-state index contributed by atoms with van der Waals surface area (Å²) in [5.41, 5.74) is 1.86. The SMILES string of the molecule is CC[C@H](C)c1nc2ccc(Br)cc2c(=O)n1N=Cc1cc(Br)cc(OC)c1OCc1ccccc1Cl. The smallest absolute Gasteiger partial charge is 0.282 e. The quantitative estimate of drug-likeness (QED) is 0.188. The number of ether oxygens (including phenoxy) is 2. The lowest BCUT2D eigenvalue weighted by molar-refractivity contribution is 0.284. The Labute approximate surface area is 231 Å². The highest BCUT2D eigenvalue weighted by Gasteiger charge is 2.17. The zero-order chi connectivity index (χ0) is 25.8. The van der Waals surface area contributed by atoms with Crippen molar-refractivity contribution in [2.75, 3.05) is 7.11 Å². The molecule has 4 rings (SSSR count). The Morgan fingerprint density at radius 3 is 2.64 bits per heavy atom. The van der Waals surface area contributed by atoms with Crippen molar-refractivity contribution in [2.45, 2.75) is 32.8 Å². The zero-order valence-electron chi connectivity index (χ0n) is 20.0. The molecular formula is C27H24Br2ClN3O3. The first-order valence-corrected chi connectivity index (χ1v) is 13.3. The molecule has 0 spiro atoms. The molecule has 0 aliphatic heterocycles. The summed E-state index contributed by atoms with van der Waals surface area (Å²) in [6, 6.07) is 16.6. The van der Waals surface area contributed by atoms with Crippen molar-refractivity contribution >= 4 is 60.6 Å². The van der Waals surface area contributed by atoms with Crippen molar-refractivity contribution in [3.63, 3.8) is 0 Å². The fourth-order valence-electron chi connectivity index (χ4n) is 3.66. The molecule has 0 saturated heterocycles. The average molecular weight is 634 g/mol. The fourth-order valence-corrected chi connectivity index (χ4v) is 4.66. The number of methoxy groups -OCH3 is 1. The molecule has 0 aliphatic rings. The second-order valence-corrected chi connectivity index (χ2v) is 10.4. The van der Waals surface area contributed by atoms with E-state index in [9.17, 15) is 4.79 Å². The monoisotopic (exact) mass is 631 g/mol. The van der Waals surface area contributed by atoms with Crippen molar-refractivity contribution < 1.29 is 9.47 Å². The molecule has 186 valence electrons. The van der Waals surface area contributed by atoms with Crippen LogP contribution in [0.5, 0.6) is 11.5 Å². The van der Waals surface area contributed by atoms with Crippen LogP contribution in [-0.4, -0.2) is 23.0 Å². The van der Waals surface area contributed by atoms with Gasteiger partial charge in [0.05, 0.1) is 24.2 Å². The molecule has 0 unspecified atom stereocenters. The number of hydrogen-bond acceptors (Lipinski definition) is 5. The second-order valence-electron chi connectivity index (χ2n) is 8.21. The summed E-state index contributed by atoms with van der Waals surface area (Å²) < 4.78 is 14.7. The first kappa shape index (κ1) is 26.4. The number of rotatable bonds is 8. The first-order valence-electron chi connectivity index (χ1n) is 11.3. The number of benzene rings is 3. The third-order valence-electron chi connectivity index (χ3n) is 5.80.